The summed E-state index contributed by atoms with van der Waals surface area (Å²) < 4.78 is 10.1. The number of nitrogens with one attached hydrogen (secondary N) is 1. The van der Waals surface area contributed by atoms with Crippen molar-refractivity contribution in [1.82, 2.24) is 5.32 Å². The molecule has 0 aromatic rings. The van der Waals surface area contributed by atoms with E-state index < -0.39 is 5.60 Å². The van der Waals surface area contributed by atoms with E-state index in [0.717, 1.165) is 0 Å². The number of hydrogen-bond acceptors (Lipinski definition) is 5. The molecule has 0 aliphatic rings. The molecule has 0 fully saturated rings. The summed E-state index contributed by atoms with van der Waals surface area (Å²) in [6.07, 6.45) is 0.918. The van der Waals surface area contributed by atoms with Gasteiger partial charge in [-0.2, -0.15) is 0 Å². The number of esters is 2. The van der Waals surface area contributed by atoms with Crippen molar-refractivity contribution < 1.29 is 19.1 Å². The number of rotatable bonds is 7. The molecule has 0 bridgehead atoms. The largest absolute Gasteiger partial charge is 0.465 e. The van der Waals surface area contributed by atoms with Crippen LogP contribution in [0.25, 0.3) is 0 Å². The molecule has 0 aliphatic heterocycles. The van der Waals surface area contributed by atoms with Crippen molar-refractivity contribution in [1.29, 1.82) is 0 Å². The van der Waals surface area contributed by atoms with Crippen LogP contribution < -0.4 is 5.32 Å². The summed E-state index contributed by atoms with van der Waals surface area (Å²) in [5, 5.41) is 3.08. The first-order valence-corrected chi connectivity index (χ1v) is 6.68. The van der Waals surface area contributed by atoms with Gasteiger partial charge in [0.25, 0.3) is 0 Å². The second-order valence-electron chi connectivity index (χ2n) is 6.13. The monoisotopic (exact) mass is 273 g/mol. The van der Waals surface area contributed by atoms with E-state index >= 15 is 0 Å². The minimum atomic E-state index is -0.459. The quantitative estimate of drug-likeness (QED) is 0.719. The van der Waals surface area contributed by atoms with Crippen LogP contribution in [0.2, 0.25) is 0 Å². The van der Waals surface area contributed by atoms with Crippen molar-refractivity contribution in [3.8, 4) is 0 Å². The first-order valence-electron chi connectivity index (χ1n) is 6.68. The molecule has 0 spiro atoms. The second kappa shape index (κ2) is 7.48. The second-order valence-corrected chi connectivity index (χ2v) is 6.13. The van der Waals surface area contributed by atoms with Crippen LogP contribution in [0.15, 0.2) is 0 Å². The molecule has 0 radical (unpaired) electrons. The predicted octanol–water partition coefficient (Wildman–Crippen LogP) is 2.04. The van der Waals surface area contributed by atoms with E-state index in [1.54, 1.807) is 6.92 Å². The zero-order chi connectivity index (χ0) is 15.1. The van der Waals surface area contributed by atoms with Crippen LogP contribution in [0.1, 0.15) is 54.4 Å². The zero-order valence-electron chi connectivity index (χ0n) is 13.0. The van der Waals surface area contributed by atoms with Gasteiger partial charge in [0.05, 0.1) is 13.2 Å². The Balaban J connectivity index is 4.02. The molecule has 0 amide bonds. The van der Waals surface area contributed by atoms with Crippen molar-refractivity contribution in [2.45, 2.75) is 65.5 Å². The number of ether oxygens (including phenoxy) is 2. The molecule has 0 aliphatic carbocycles. The zero-order valence-corrected chi connectivity index (χ0v) is 13.0. The first kappa shape index (κ1) is 17.9. The summed E-state index contributed by atoms with van der Waals surface area (Å²) in [6, 6.07) is 0. The Morgan fingerprint density at radius 1 is 1.05 bits per heavy atom. The van der Waals surface area contributed by atoms with Crippen LogP contribution in [0.4, 0.5) is 0 Å². The van der Waals surface area contributed by atoms with E-state index in [4.69, 9.17) is 9.47 Å². The topological polar surface area (TPSA) is 64.6 Å². The predicted molar refractivity (Wildman–Crippen MR) is 73.8 cm³/mol. The van der Waals surface area contributed by atoms with Crippen LogP contribution in [-0.2, 0) is 19.1 Å². The standard InChI is InChI=1S/C14H27NO4/c1-7-18-12(17)10-15-14(5,6)9-8-11(16)19-13(2,3)4/h15H,7-10H2,1-6H3. The van der Waals surface area contributed by atoms with E-state index in [2.05, 4.69) is 5.32 Å². The molecule has 0 atom stereocenters. The van der Waals surface area contributed by atoms with Crippen molar-refractivity contribution in [3.05, 3.63) is 0 Å². The van der Waals surface area contributed by atoms with Crippen molar-refractivity contribution in [2.24, 2.45) is 0 Å². The van der Waals surface area contributed by atoms with Crippen molar-refractivity contribution in [2.75, 3.05) is 13.2 Å². The Morgan fingerprint density at radius 3 is 2.11 bits per heavy atom. The molecule has 0 saturated heterocycles. The lowest BCUT2D eigenvalue weighted by molar-refractivity contribution is -0.155. The highest BCUT2D eigenvalue weighted by atomic mass is 16.6. The average Bonchev–Trinajstić information content (AvgIpc) is 2.22. The number of carbonyl (C=O) groups is 2. The summed E-state index contributed by atoms with van der Waals surface area (Å²) in [5.41, 5.74) is -0.775. The summed E-state index contributed by atoms with van der Waals surface area (Å²) in [5.74, 6) is -0.508. The third-order valence-electron chi connectivity index (χ3n) is 2.39. The lowest BCUT2D eigenvalue weighted by Gasteiger charge is -2.26. The van der Waals surface area contributed by atoms with E-state index in [1.165, 1.54) is 0 Å². The summed E-state index contributed by atoms with van der Waals surface area (Å²) >= 11 is 0. The lowest BCUT2D eigenvalue weighted by atomic mass is 9.98. The van der Waals surface area contributed by atoms with Gasteiger partial charge in [-0.25, -0.2) is 0 Å². The number of hydrogen-bond donors (Lipinski definition) is 1. The third kappa shape index (κ3) is 10.5. The maximum atomic E-state index is 11.6. The third-order valence-corrected chi connectivity index (χ3v) is 2.39. The van der Waals surface area contributed by atoms with Gasteiger partial charge in [-0.05, 0) is 48.0 Å². The minimum Gasteiger partial charge on any atom is -0.465 e. The van der Waals surface area contributed by atoms with Gasteiger partial charge in [-0.3, -0.25) is 9.59 Å². The average molecular weight is 273 g/mol. The molecule has 1 N–H and O–H groups in total. The molecule has 19 heavy (non-hydrogen) atoms. The molecule has 5 nitrogen and oxygen atoms in total. The Kier molecular flexibility index (Phi) is 7.05. The molecule has 5 heteroatoms. The van der Waals surface area contributed by atoms with Crippen LogP contribution >= 0.6 is 0 Å². The smallest absolute Gasteiger partial charge is 0.319 e. The van der Waals surface area contributed by atoms with Gasteiger partial charge in [0.2, 0.25) is 0 Å². The van der Waals surface area contributed by atoms with E-state index in [-0.39, 0.29) is 24.0 Å². The highest BCUT2D eigenvalue weighted by molar-refractivity contribution is 5.72. The molecule has 112 valence electrons. The molecule has 0 aromatic carbocycles. The fraction of sp³-hybridized carbons (Fsp3) is 0.857. The fourth-order valence-electron chi connectivity index (χ4n) is 1.42. The Bertz CT molecular complexity index is 305. The molecule has 0 aromatic heterocycles. The highest BCUT2D eigenvalue weighted by Gasteiger charge is 2.22. The summed E-state index contributed by atoms with van der Waals surface area (Å²) in [7, 11) is 0. The molecule has 0 saturated carbocycles. The van der Waals surface area contributed by atoms with Crippen molar-refractivity contribution >= 4 is 11.9 Å². The van der Waals surface area contributed by atoms with Gasteiger partial charge in [0, 0.05) is 12.0 Å². The van der Waals surface area contributed by atoms with Crippen molar-refractivity contribution in [3.63, 3.8) is 0 Å². The van der Waals surface area contributed by atoms with Gasteiger partial charge in [-0.15, -0.1) is 0 Å². The minimum absolute atomic E-state index is 0.148. The van der Waals surface area contributed by atoms with Gasteiger partial charge >= 0.3 is 11.9 Å². The SMILES string of the molecule is CCOC(=O)CNC(C)(C)CCC(=O)OC(C)(C)C. The highest BCUT2D eigenvalue weighted by Crippen LogP contribution is 2.14. The summed E-state index contributed by atoms with van der Waals surface area (Å²) in [4.78, 5) is 22.8. The molecule has 0 rings (SSSR count). The normalized spacial score (nSPS) is 12.1. The Morgan fingerprint density at radius 2 is 1.63 bits per heavy atom. The van der Waals surface area contributed by atoms with E-state index in [0.29, 0.717) is 19.4 Å². The van der Waals surface area contributed by atoms with Gasteiger partial charge in [-0.1, -0.05) is 0 Å². The van der Waals surface area contributed by atoms with Crippen LogP contribution in [0.3, 0.4) is 0 Å². The first-order chi connectivity index (χ1) is 8.56. The maximum absolute atomic E-state index is 11.6. The maximum Gasteiger partial charge on any atom is 0.319 e. The van der Waals surface area contributed by atoms with Gasteiger partial charge in [0.15, 0.2) is 0 Å². The molecule has 0 unspecified atom stereocenters. The molecular formula is C14H27NO4. The van der Waals surface area contributed by atoms with Gasteiger partial charge < -0.3 is 14.8 Å². The molecular weight excluding hydrogens is 246 g/mol. The van der Waals surface area contributed by atoms with E-state index in [1.807, 2.05) is 34.6 Å². The van der Waals surface area contributed by atoms with Crippen LogP contribution in [-0.4, -0.2) is 36.2 Å². The number of carbonyl (C=O) groups excluding carboxylic acids is 2. The van der Waals surface area contributed by atoms with Crippen LogP contribution in [0.5, 0.6) is 0 Å². The fourth-order valence-corrected chi connectivity index (χ4v) is 1.42. The van der Waals surface area contributed by atoms with E-state index in [9.17, 15) is 9.59 Å². The Hall–Kier alpha value is -1.10. The summed E-state index contributed by atoms with van der Waals surface area (Å²) in [6.45, 7) is 11.7. The lowest BCUT2D eigenvalue weighted by Crippen LogP contribution is -2.43. The Labute approximate surface area is 116 Å². The van der Waals surface area contributed by atoms with Crippen LogP contribution in [0, 0.1) is 0 Å². The molecule has 0 heterocycles. The van der Waals surface area contributed by atoms with Gasteiger partial charge in [0.1, 0.15) is 5.60 Å².